The molecule has 92 valence electrons. The Morgan fingerprint density at radius 3 is 2.94 bits per heavy atom. The van der Waals surface area contributed by atoms with Crippen LogP contribution in [0.15, 0.2) is 9.85 Å². The molecule has 0 spiro atoms. The molecule has 1 aromatic rings. The SMILES string of the molecule is CC(C)NC(C#N)(CSc1nncs1)C1CC1. The zero-order valence-electron chi connectivity index (χ0n) is 10.0. The molecule has 0 aliphatic heterocycles. The van der Waals surface area contributed by atoms with Crippen LogP contribution < -0.4 is 5.32 Å². The topological polar surface area (TPSA) is 61.6 Å². The highest BCUT2D eigenvalue weighted by Gasteiger charge is 2.46. The van der Waals surface area contributed by atoms with Crippen LogP contribution in [0.5, 0.6) is 0 Å². The molecule has 1 aliphatic rings. The first-order valence-electron chi connectivity index (χ1n) is 5.74. The summed E-state index contributed by atoms with van der Waals surface area (Å²) in [5.41, 5.74) is 1.33. The first-order chi connectivity index (χ1) is 8.16. The summed E-state index contributed by atoms with van der Waals surface area (Å²) in [6.45, 7) is 4.17. The number of thioether (sulfide) groups is 1. The Hall–Kier alpha value is -0.640. The van der Waals surface area contributed by atoms with Gasteiger partial charge in [0.1, 0.15) is 11.0 Å². The fourth-order valence-electron chi connectivity index (χ4n) is 1.93. The second-order valence-corrected chi connectivity index (χ2v) is 6.71. The highest BCUT2D eigenvalue weighted by Crippen LogP contribution is 2.42. The van der Waals surface area contributed by atoms with Crippen LogP contribution in [0.2, 0.25) is 0 Å². The number of hydrogen-bond donors (Lipinski definition) is 1. The second kappa shape index (κ2) is 5.34. The summed E-state index contributed by atoms with van der Waals surface area (Å²) in [5.74, 6) is 1.25. The third-order valence-electron chi connectivity index (χ3n) is 2.78. The number of nitrogens with one attached hydrogen (secondary N) is 1. The van der Waals surface area contributed by atoms with Gasteiger partial charge in [-0.1, -0.05) is 23.1 Å². The Morgan fingerprint density at radius 2 is 2.47 bits per heavy atom. The number of nitrogens with zero attached hydrogens (tertiary/aromatic N) is 3. The molecule has 4 nitrogen and oxygen atoms in total. The van der Waals surface area contributed by atoms with E-state index in [2.05, 4.69) is 35.4 Å². The van der Waals surface area contributed by atoms with Gasteiger partial charge in [-0.2, -0.15) is 5.26 Å². The molecule has 1 heterocycles. The van der Waals surface area contributed by atoms with Crippen molar-refractivity contribution in [1.29, 1.82) is 5.26 Å². The van der Waals surface area contributed by atoms with Crippen molar-refractivity contribution < 1.29 is 0 Å². The fourth-order valence-corrected chi connectivity index (χ4v) is 3.62. The van der Waals surface area contributed by atoms with E-state index in [0.29, 0.717) is 12.0 Å². The van der Waals surface area contributed by atoms with Crippen LogP contribution in [0, 0.1) is 17.2 Å². The lowest BCUT2D eigenvalue weighted by Gasteiger charge is -2.29. The molecule has 1 aromatic heterocycles. The van der Waals surface area contributed by atoms with E-state index in [0.717, 1.165) is 22.9 Å². The van der Waals surface area contributed by atoms with E-state index >= 15 is 0 Å². The van der Waals surface area contributed by atoms with Gasteiger partial charge in [-0.25, -0.2) is 0 Å². The van der Waals surface area contributed by atoms with Gasteiger partial charge in [0, 0.05) is 11.8 Å². The molecule has 1 fully saturated rings. The average molecular weight is 268 g/mol. The van der Waals surface area contributed by atoms with Crippen molar-refractivity contribution in [3.8, 4) is 6.07 Å². The zero-order chi connectivity index (χ0) is 12.3. The van der Waals surface area contributed by atoms with Crippen molar-refractivity contribution in [3.05, 3.63) is 5.51 Å². The third-order valence-corrected chi connectivity index (χ3v) is 4.84. The Bertz CT molecular complexity index is 394. The highest BCUT2D eigenvalue weighted by molar-refractivity contribution is 8.01. The summed E-state index contributed by atoms with van der Waals surface area (Å²) >= 11 is 3.16. The molecule has 0 saturated heterocycles. The van der Waals surface area contributed by atoms with Crippen LogP contribution in [-0.4, -0.2) is 27.5 Å². The van der Waals surface area contributed by atoms with Crippen molar-refractivity contribution in [2.24, 2.45) is 5.92 Å². The average Bonchev–Trinajstić information content (AvgIpc) is 3.02. The van der Waals surface area contributed by atoms with Crippen LogP contribution in [-0.2, 0) is 0 Å². The van der Waals surface area contributed by atoms with E-state index in [-0.39, 0.29) is 0 Å². The molecule has 1 aliphatic carbocycles. The first-order valence-corrected chi connectivity index (χ1v) is 7.61. The van der Waals surface area contributed by atoms with E-state index in [4.69, 9.17) is 0 Å². The molecule has 6 heteroatoms. The largest absolute Gasteiger partial charge is 0.296 e. The van der Waals surface area contributed by atoms with E-state index < -0.39 is 5.54 Å². The summed E-state index contributed by atoms with van der Waals surface area (Å²) < 4.78 is 0.941. The number of nitriles is 1. The quantitative estimate of drug-likeness (QED) is 0.802. The fraction of sp³-hybridized carbons (Fsp3) is 0.727. The minimum Gasteiger partial charge on any atom is -0.296 e. The molecule has 1 N–H and O–H groups in total. The number of aromatic nitrogens is 2. The van der Waals surface area contributed by atoms with Gasteiger partial charge < -0.3 is 0 Å². The maximum atomic E-state index is 9.51. The van der Waals surface area contributed by atoms with Crippen LogP contribution in [0.3, 0.4) is 0 Å². The van der Waals surface area contributed by atoms with Gasteiger partial charge in [0.2, 0.25) is 0 Å². The van der Waals surface area contributed by atoms with E-state index in [9.17, 15) is 5.26 Å². The van der Waals surface area contributed by atoms with Crippen molar-refractivity contribution in [1.82, 2.24) is 15.5 Å². The lowest BCUT2D eigenvalue weighted by molar-refractivity contribution is 0.370. The standard InChI is InChI=1S/C11H16N4S2/c1-8(2)14-11(5-12,9-3-4-9)6-16-10-15-13-7-17-10/h7-9,14H,3-4,6H2,1-2H3. The van der Waals surface area contributed by atoms with E-state index in [1.807, 2.05) is 0 Å². The molecule has 1 atom stereocenters. The number of hydrogen-bond acceptors (Lipinski definition) is 6. The third kappa shape index (κ3) is 3.18. The predicted octanol–water partition coefficient (Wildman–Crippen LogP) is 2.30. The van der Waals surface area contributed by atoms with Gasteiger partial charge in [0.05, 0.1) is 6.07 Å². The molecule has 0 aromatic carbocycles. The monoisotopic (exact) mass is 268 g/mol. The van der Waals surface area contributed by atoms with Gasteiger partial charge in [0.15, 0.2) is 4.34 Å². The van der Waals surface area contributed by atoms with Crippen LogP contribution >= 0.6 is 23.1 Å². The number of rotatable bonds is 6. The maximum absolute atomic E-state index is 9.51. The predicted molar refractivity (Wildman–Crippen MR) is 70.0 cm³/mol. The molecule has 0 bridgehead atoms. The Kier molecular flexibility index (Phi) is 4.02. The van der Waals surface area contributed by atoms with Crippen molar-refractivity contribution in [2.75, 3.05) is 5.75 Å². The smallest absolute Gasteiger partial charge is 0.174 e. The van der Waals surface area contributed by atoms with Gasteiger partial charge in [0.25, 0.3) is 0 Å². The minimum absolute atomic E-state index is 0.324. The van der Waals surface area contributed by atoms with Gasteiger partial charge in [-0.3, -0.25) is 5.32 Å². The zero-order valence-corrected chi connectivity index (χ0v) is 11.6. The van der Waals surface area contributed by atoms with Gasteiger partial charge in [-0.05, 0) is 32.6 Å². The van der Waals surface area contributed by atoms with Crippen molar-refractivity contribution in [3.63, 3.8) is 0 Å². The lowest BCUT2D eigenvalue weighted by atomic mass is 9.96. The molecule has 2 rings (SSSR count). The van der Waals surface area contributed by atoms with Gasteiger partial charge in [-0.15, -0.1) is 10.2 Å². The summed E-state index contributed by atoms with van der Waals surface area (Å²) in [5, 5.41) is 20.8. The summed E-state index contributed by atoms with van der Waals surface area (Å²) in [6, 6.07) is 2.82. The first kappa shape index (κ1) is 12.8. The van der Waals surface area contributed by atoms with E-state index in [1.54, 1.807) is 17.3 Å². The van der Waals surface area contributed by atoms with Crippen LogP contribution in [0.4, 0.5) is 0 Å². The normalized spacial score (nSPS) is 18.9. The van der Waals surface area contributed by atoms with Gasteiger partial charge >= 0.3 is 0 Å². The summed E-state index contributed by atoms with van der Waals surface area (Å²) in [7, 11) is 0. The molecular formula is C11H16N4S2. The molecule has 0 amide bonds. The van der Waals surface area contributed by atoms with Crippen molar-refractivity contribution in [2.45, 2.75) is 42.6 Å². The molecule has 1 unspecified atom stereocenters. The van der Waals surface area contributed by atoms with E-state index in [1.165, 1.54) is 11.3 Å². The minimum atomic E-state index is -0.398. The van der Waals surface area contributed by atoms with Crippen LogP contribution in [0.1, 0.15) is 26.7 Å². The maximum Gasteiger partial charge on any atom is 0.174 e. The highest BCUT2D eigenvalue weighted by atomic mass is 32.2. The Morgan fingerprint density at radius 1 is 1.71 bits per heavy atom. The Labute approximate surface area is 110 Å². The second-order valence-electron chi connectivity index (χ2n) is 4.65. The Balaban J connectivity index is 2.02. The molecular weight excluding hydrogens is 252 g/mol. The summed E-state index contributed by atoms with van der Waals surface area (Å²) in [4.78, 5) is 0. The molecule has 17 heavy (non-hydrogen) atoms. The summed E-state index contributed by atoms with van der Waals surface area (Å²) in [6.07, 6.45) is 2.31. The van der Waals surface area contributed by atoms with Crippen LogP contribution in [0.25, 0.3) is 0 Å². The van der Waals surface area contributed by atoms with Crippen molar-refractivity contribution >= 4 is 23.1 Å². The molecule has 0 radical (unpaired) electrons. The molecule has 1 saturated carbocycles. The lowest BCUT2D eigenvalue weighted by Crippen LogP contribution is -2.51.